The molecule has 23 heavy (non-hydrogen) atoms. The maximum Gasteiger partial charge on any atom is 0.355 e. The molecule has 0 saturated carbocycles. The number of aromatic carboxylic acids is 1. The number of rotatable bonds is 9. The molecule has 0 radical (unpaired) electrons. The molecule has 1 heterocycles. The van der Waals surface area contributed by atoms with Gasteiger partial charge in [0.2, 0.25) is 0 Å². The van der Waals surface area contributed by atoms with Crippen LogP contribution >= 0.6 is 11.3 Å². The number of hydrogen-bond donors (Lipinski definition) is 1. The highest BCUT2D eigenvalue weighted by atomic mass is 32.1. The lowest BCUT2D eigenvalue weighted by Gasteiger charge is -2.11. The lowest BCUT2D eigenvalue weighted by Crippen LogP contribution is -1.99. The number of carboxylic acids is 1. The van der Waals surface area contributed by atoms with E-state index in [0.29, 0.717) is 23.1 Å². The Morgan fingerprint density at radius 2 is 2.09 bits per heavy atom. The monoisotopic (exact) mass is 335 g/mol. The Morgan fingerprint density at radius 3 is 2.74 bits per heavy atom. The van der Waals surface area contributed by atoms with Gasteiger partial charge in [-0.15, -0.1) is 11.3 Å². The summed E-state index contributed by atoms with van der Waals surface area (Å²) in [6.45, 7) is 2.84. The van der Waals surface area contributed by atoms with Gasteiger partial charge in [-0.3, -0.25) is 0 Å². The predicted molar refractivity (Wildman–Crippen MR) is 90.7 cm³/mol. The lowest BCUT2D eigenvalue weighted by atomic mass is 10.2. The summed E-state index contributed by atoms with van der Waals surface area (Å²) in [4.78, 5) is 15.0. The topological polar surface area (TPSA) is 68.7 Å². The van der Waals surface area contributed by atoms with E-state index in [1.807, 2.05) is 18.2 Å². The third kappa shape index (κ3) is 4.69. The van der Waals surface area contributed by atoms with E-state index in [0.717, 1.165) is 18.4 Å². The van der Waals surface area contributed by atoms with Gasteiger partial charge in [0.25, 0.3) is 0 Å². The first kappa shape index (κ1) is 17.3. The minimum absolute atomic E-state index is 0.0558. The first-order valence-corrected chi connectivity index (χ1v) is 8.53. The summed E-state index contributed by atoms with van der Waals surface area (Å²) in [6, 6.07) is 5.54. The molecule has 6 heteroatoms. The molecule has 0 bridgehead atoms. The molecule has 1 aromatic heterocycles. The second-order valence-electron chi connectivity index (χ2n) is 5.12. The van der Waals surface area contributed by atoms with Gasteiger partial charge in [0, 0.05) is 10.9 Å². The summed E-state index contributed by atoms with van der Waals surface area (Å²) in [5, 5.41) is 11.1. The fourth-order valence-electron chi connectivity index (χ4n) is 2.14. The molecule has 0 aliphatic heterocycles. The van der Waals surface area contributed by atoms with Gasteiger partial charge in [-0.2, -0.15) is 0 Å². The fourth-order valence-corrected chi connectivity index (χ4v) is 2.93. The molecular weight excluding hydrogens is 314 g/mol. The number of carboxylic acid groups (broad SMARTS) is 1. The molecule has 2 aromatic rings. The van der Waals surface area contributed by atoms with Gasteiger partial charge >= 0.3 is 5.97 Å². The average Bonchev–Trinajstić information content (AvgIpc) is 3.05. The van der Waals surface area contributed by atoms with Crippen LogP contribution in [0.3, 0.4) is 0 Å². The fraction of sp³-hybridized carbons (Fsp3) is 0.412. The van der Waals surface area contributed by atoms with Gasteiger partial charge in [0.05, 0.1) is 13.7 Å². The quantitative estimate of drug-likeness (QED) is 0.684. The molecule has 0 aliphatic rings. The largest absolute Gasteiger partial charge is 0.493 e. The van der Waals surface area contributed by atoms with Crippen LogP contribution in [-0.4, -0.2) is 29.8 Å². The Balaban J connectivity index is 2.07. The van der Waals surface area contributed by atoms with Crippen molar-refractivity contribution in [3.05, 3.63) is 29.3 Å². The zero-order valence-corrected chi connectivity index (χ0v) is 14.2. The molecule has 0 fully saturated rings. The Hall–Kier alpha value is -2.08. The third-order valence-corrected chi connectivity index (χ3v) is 4.28. The van der Waals surface area contributed by atoms with Gasteiger partial charge in [0.1, 0.15) is 5.01 Å². The van der Waals surface area contributed by atoms with Gasteiger partial charge in [0.15, 0.2) is 17.2 Å². The molecule has 0 unspecified atom stereocenters. The van der Waals surface area contributed by atoms with E-state index in [1.165, 1.54) is 29.6 Å². The van der Waals surface area contributed by atoms with Gasteiger partial charge in [-0.1, -0.05) is 26.2 Å². The maximum atomic E-state index is 10.9. The number of benzene rings is 1. The van der Waals surface area contributed by atoms with E-state index in [1.54, 1.807) is 7.11 Å². The van der Waals surface area contributed by atoms with Gasteiger partial charge in [-0.25, -0.2) is 9.78 Å². The molecule has 0 saturated heterocycles. The van der Waals surface area contributed by atoms with Crippen molar-refractivity contribution < 1.29 is 19.4 Å². The summed E-state index contributed by atoms with van der Waals surface area (Å²) < 4.78 is 11.1. The van der Waals surface area contributed by atoms with E-state index in [9.17, 15) is 4.79 Å². The van der Waals surface area contributed by atoms with Crippen LogP contribution in [0.25, 0.3) is 10.6 Å². The smallest absolute Gasteiger partial charge is 0.355 e. The van der Waals surface area contributed by atoms with E-state index in [-0.39, 0.29) is 5.69 Å². The minimum Gasteiger partial charge on any atom is -0.493 e. The van der Waals surface area contributed by atoms with Crippen LogP contribution in [0.2, 0.25) is 0 Å². The highest BCUT2D eigenvalue weighted by Crippen LogP contribution is 2.34. The highest BCUT2D eigenvalue weighted by Gasteiger charge is 2.12. The first-order valence-electron chi connectivity index (χ1n) is 7.65. The minimum atomic E-state index is -1.02. The molecule has 5 nitrogen and oxygen atoms in total. The van der Waals surface area contributed by atoms with Crippen molar-refractivity contribution in [2.75, 3.05) is 13.7 Å². The van der Waals surface area contributed by atoms with Gasteiger partial charge < -0.3 is 14.6 Å². The number of nitrogens with zero attached hydrogens (tertiary/aromatic N) is 1. The Bertz CT molecular complexity index is 654. The molecule has 0 spiro atoms. The normalized spacial score (nSPS) is 10.5. The van der Waals surface area contributed by atoms with Crippen molar-refractivity contribution in [3.8, 4) is 22.1 Å². The van der Waals surface area contributed by atoms with Crippen molar-refractivity contribution in [2.45, 2.75) is 32.6 Å². The number of hydrogen-bond acceptors (Lipinski definition) is 5. The number of ether oxygens (including phenoxy) is 2. The van der Waals surface area contributed by atoms with E-state index >= 15 is 0 Å². The van der Waals surface area contributed by atoms with Crippen molar-refractivity contribution in [1.82, 2.24) is 4.98 Å². The number of thiazole rings is 1. The molecule has 0 atom stereocenters. The summed E-state index contributed by atoms with van der Waals surface area (Å²) >= 11 is 1.29. The van der Waals surface area contributed by atoms with Crippen LogP contribution in [-0.2, 0) is 0 Å². The van der Waals surface area contributed by atoms with Crippen molar-refractivity contribution >= 4 is 17.3 Å². The van der Waals surface area contributed by atoms with Crippen LogP contribution in [0.15, 0.2) is 23.6 Å². The van der Waals surface area contributed by atoms with E-state index in [4.69, 9.17) is 14.6 Å². The molecule has 124 valence electrons. The zero-order valence-electron chi connectivity index (χ0n) is 13.4. The number of unbranched alkanes of at least 4 members (excludes halogenated alkanes) is 3. The molecule has 0 aliphatic carbocycles. The number of methoxy groups -OCH3 is 1. The molecule has 1 N–H and O–H groups in total. The molecule has 0 amide bonds. The van der Waals surface area contributed by atoms with Crippen molar-refractivity contribution in [2.24, 2.45) is 0 Å². The lowest BCUT2D eigenvalue weighted by molar-refractivity contribution is 0.0691. The number of aromatic nitrogens is 1. The molecular formula is C17H21NO4S. The van der Waals surface area contributed by atoms with Crippen LogP contribution in [0.4, 0.5) is 0 Å². The van der Waals surface area contributed by atoms with E-state index < -0.39 is 5.97 Å². The standard InChI is InChI=1S/C17H21NO4S/c1-3-4-5-6-9-22-14-8-7-12(10-15(14)21-2)16-18-13(11-23-16)17(19)20/h7-8,10-11H,3-6,9H2,1-2H3,(H,19,20). The van der Waals surface area contributed by atoms with Crippen molar-refractivity contribution in [1.29, 1.82) is 0 Å². The first-order chi connectivity index (χ1) is 11.2. The summed E-state index contributed by atoms with van der Waals surface area (Å²) in [6.07, 6.45) is 4.60. The molecule has 2 rings (SSSR count). The van der Waals surface area contributed by atoms with Gasteiger partial charge in [-0.05, 0) is 24.6 Å². The van der Waals surface area contributed by atoms with E-state index in [2.05, 4.69) is 11.9 Å². The van der Waals surface area contributed by atoms with Crippen LogP contribution < -0.4 is 9.47 Å². The van der Waals surface area contributed by atoms with Crippen LogP contribution in [0.1, 0.15) is 43.1 Å². The number of carbonyl (C=O) groups is 1. The summed E-state index contributed by atoms with van der Waals surface area (Å²) in [7, 11) is 1.59. The predicted octanol–water partition coefficient (Wildman–Crippen LogP) is 4.48. The highest BCUT2D eigenvalue weighted by molar-refractivity contribution is 7.13. The molecule has 1 aromatic carbocycles. The van der Waals surface area contributed by atoms with Crippen LogP contribution in [0.5, 0.6) is 11.5 Å². The Labute approximate surface area is 139 Å². The third-order valence-electron chi connectivity index (χ3n) is 3.39. The Morgan fingerprint density at radius 1 is 1.26 bits per heavy atom. The average molecular weight is 335 g/mol. The maximum absolute atomic E-state index is 10.9. The SMILES string of the molecule is CCCCCCOc1ccc(-c2nc(C(=O)O)cs2)cc1OC. The Kier molecular flexibility index (Phi) is 6.40. The zero-order chi connectivity index (χ0) is 16.7. The van der Waals surface area contributed by atoms with Crippen LogP contribution in [0, 0.1) is 0 Å². The summed E-state index contributed by atoms with van der Waals surface area (Å²) in [5.74, 6) is 0.305. The summed E-state index contributed by atoms with van der Waals surface area (Å²) in [5.41, 5.74) is 0.873. The second kappa shape index (κ2) is 8.53. The van der Waals surface area contributed by atoms with Crippen molar-refractivity contribution in [3.63, 3.8) is 0 Å². The second-order valence-corrected chi connectivity index (χ2v) is 5.98.